The lowest BCUT2D eigenvalue weighted by atomic mass is 9.82. The zero-order chi connectivity index (χ0) is 19.5. The third-order valence-electron chi connectivity index (χ3n) is 4.69. The number of ketones is 3. The molecule has 0 saturated carbocycles. The number of benzene rings is 2. The van der Waals surface area contributed by atoms with Gasteiger partial charge in [0, 0.05) is 23.4 Å². The Morgan fingerprint density at radius 1 is 1.04 bits per heavy atom. The Morgan fingerprint density at radius 2 is 1.78 bits per heavy atom. The van der Waals surface area contributed by atoms with E-state index in [1.807, 2.05) is 20.8 Å². The number of fused-ring (bicyclic) bond motifs is 4. The second kappa shape index (κ2) is 5.91. The Labute approximate surface area is 155 Å². The van der Waals surface area contributed by atoms with E-state index in [4.69, 9.17) is 9.15 Å². The van der Waals surface area contributed by atoms with E-state index in [0.717, 1.165) is 5.56 Å². The molecular weight excluding hydrogens is 344 g/mol. The highest BCUT2D eigenvalue weighted by Crippen LogP contribution is 2.39. The van der Waals surface area contributed by atoms with Crippen LogP contribution in [0.5, 0.6) is 5.75 Å². The van der Waals surface area contributed by atoms with Gasteiger partial charge >= 0.3 is 0 Å². The average molecular weight is 362 g/mol. The van der Waals surface area contributed by atoms with Crippen LogP contribution in [-0.4, -0.2) is 23.5 Å². The van der Waals surface area contributed by atoms with Gasteiger partial charge in [-0.2, -0.15) is 0 Å². The largest absolute Gasteiger partial charge is 0.490 e. The van der Waals surface area contributed by atoms with E-state index in [1.54, 1.807) is 30.3 Å². The third-order valence-corrected chi connectivity index (χ3v) is 4.69. The van der Waals surface area contributed by atoms with E-state index in [-0.39, 0.29) is 45.9 Å². The van der Waals surface area contributed by atoms with Gasteiger partial charge in [0.15, 0.2) is 17.3 Å². The minimum Gasteiger partial charge on any atom is -0.490 e. The summed E-state index contributed by atoms with van der Waals surface area (Å²) in [4.78, 5) is 38.2. The lowest BCUT2D eigenvalue weighted by molar-refractivity contribution is 0.0972. The molecule has 0 amide bonds. The number of carbonyl (C=O) groups is 3. The maximum atomic E-state index is 13.4. The molecular formula is C22H18O5. The number of aryl methyl sites for hydroxylation is 1. The standard InChI is InChI=1S/C22H18O5/c1-10(2)26-16-7-5-6-13-18(16)21(25)19-15(20(13)24)8-11(3)14-9-17(12(4)23)27-22(14)19/h5-10H,1-4H3. The topological polar surface area (TPSA) is 73.6 Å². The van der Waals surface area contributed by atoms with Crippen LogP contribution in [0.1, 0.15) is 68.7 Å². The van der Waals surface area contributed by atoms with Crippen molar-refractivity contribution in [2.45, 2.75) is 33.8 Å². The zero-order valence-electron chi connectivity index (χ0n) is 15.5. The Morgan fingerprint density at radius 3 is 2.44 bits per heavy atom. The van der Waals surface area contributed by atoms with Crippen LogP contribution in [0.3, 0.4) is 0 Å². The molecule has 1 aliphatic rings. The van der Waals surface area contributed by atoms with Crippen LogP contribution in [-0.2, 0) is 0 Å². The van der Waals surface area contributed by atoms with Crippen LogP contribution in [0, 0.1) is 6.92 Å². The molecule has 0 saturated heterocycles. The summed E-state index contributed by atoms with van der Waals surface area (Å²) in [6.45, 7) is 6.94. The number of ether oxygens (including phenoxy) is 1. The van der Waals surface area contributed by atoms with E-state index in [9.17, 15) is 14.4 Å². The first kappa shape index (κ1) is 17.2. The molecule has 2 aromatic carbocycles. The second-order valence-corrected chi connectivity index (χ2v) is 7.03. The summed E-state index contributed by atoms with van der Waals surface area (Å²) < 4.78 is 11.5. The molecule has 1 heterocycles. The first-order chi connectivity index (χ1) is 12.8. The van der Waals surface area contributed by atoms with Crippen molar-refractivity contribution in [3.05, 3.63) is 63.9 Å². The van der Waals surface area contributed by atoms with Gasteiger partial charge < -0.3 is 9.15 Å². The Kier molecular flexibility index (Phi) is 3.77. The fraction of sp³-hybridized carbons (Fsp3) is 0.227. The maximum Gasteiger partial charge on any atom is 0.202 e. The first-order valence-corrected chi connectivity index (χ1v) is 8.76. The molecule has 5 nitrogen and oxygen atoms in total. The highest BCUT2D eigenvalue weighted by molar-refractivity contribution is 6.32. The van der Waals surface area contributed by atoms with Gasteiger partial charge in [0.2, 0.25) is 5.78 Å². The van der Waals surface area contributed by atoms with Crippen LogP contribution in [0.2, 0.25) is 0 Å². The fourth-order valence-electron chi connectivity index (χ4n) is 3.51. The monoisotopic (exact) mass is 362 g/mol. The molecule has 0 radical (unpaired) electrons. The van der Waals surface area contributed by atoms with Crippen LogP contribution in [0.15, 0.2) is 34.7 Å². The quantitative estimate of drug-likeness (QED) is 0.502. The summed E-state index contributed by atoms with van der Waals surface area (Å²) in [5, 5.41) is 0.658. The van der Waals surface area contributed by atoms with E-state index >= 15 is 0 Å². The minimum absolute atomic E-state index is 0.147. The van der Waals surface area contributed by atoms with Gasteiger partial charge in [-0.25, -0.2) is 0 Å². The maximum absolute atomic E-state index is 13.4. The van der Waals surface area contributed by atoms with Crippen molar-refractivity contribution < 1.29 is 23.5 Å². The van der Waals surface area contributed by atoms with Crippen LogP contribution in [0.4, 0.5) is 0 Å². The summed E-state index contributed by atoms with van der Waals surface area (Å²) in [5.74, 6) is -0.277. The molecule has 0 bridgehead atoms. The van der Waals surface area contributed by atoms with E-state index in [2.05, 4.69) is 0 Å². The Bertz CT molecular complexity index is 1150. The van der Waals surface area contributed by atoms with Gasteiger partial charge in [0.05, 0.1) is 17.2 Å². The molecule has 0 N–H and O–H groups in total. The molecule has 0 unspecified atom stereocenters. The molecule has 4 rings (SSSR count). The number of hydrogen-bond donors (Lipinski definition) is 0. The van der Waals surface area contributed by atoms with Crippen LogP contribution < -0.4 is 4.74 Å². The molecule has 0 aliphatic heterocycles. The zero-order valence-corrected chi connectivity index (χ0v) is 15.5. The Balaban J connectivity index is 2.04. The number of rotatable bonds is 3. The SMILES string of the molecule is CC(=O)c1cc2c(C)cc3c(c2o1)C(=O)c1c(OC(C)C)cccc1C3=O. The smallest absolute Gasteiger partial charge is 0.202 e. The molecule has 1 aliphatic carbocycles. The number of Topliss-reactive ketones (excluding diaryl/α,β-unsaturated/α-hetero) is 1. The van der Waals surface area contributed by atoms with Crippen molar-refractivity contribution in [1.29, 1.82) is 0 Å². The molecule has 3 aromatic rings. The number of carbonyl (C=O) groups excluding carboxylic acids is 3. The van der Waals surface area contributed by atoms with E-state index in [1.165, 1.54) is 6.92 Å². The van der Waals surface area contributed by atoms with Crippen LogP contribution in [0.25, 0.3) is 11.0 Å². The highest BCUT2D eigenvalue weighted by Gasteiger charge is 2.36. The van der Waals surface area contributed by atoms with Gasteiger partial charge in [-0.15, -0.1) is 0 Å². The minimum atomic E-state index is -0.328. The van der Waals surface area contributed by atoms with Gasteiger partial charge in [0.25, 0.3) is 0 Å². The predicted molar refractivity (Wildman–Crippen MR) is 100 cm³/mol. The second-order valence-electron chi connectivity index (χ2n) is 7.03. The third kappa shape index (κ3) is 2.50. The summed E-state index contributed by atoms with van der Waals surface area (Å²) in [6, 6.07) is 8.34. The van der Waals surface area contributed by atoms with Gasteiger partial charge in [-0.1, -0.05) is 12.1 Å². The lowest BCUT2D eigenvalue weighted by Gasteiger charge is -2.22. The fourth-order valence-corrected chi connectivity index (χ4v) is 3.51. The van der Waals surface area contributed by atoms with Gasteiger partial charge in [-0.3, -0.25) is 14.4 Å². The predicted octanol–water partition coefficient (Wildman–Crippen LogP) is 4.51. The summed E-state index contributed by atoms with van der Waals surface area (Å²) >= 11 is 0. The van der Waals surface area contributed by atoms with Crippen LogP contribution >= 0.6 is 0 Å². The van der Waals surface area contributed by atoms with Crippen molar-refractivity contribution in [1.82, 2.24) is 0 Å². The van der Waals surface area contributed by atoms with Crippen molar-refractivity contribution in [2.24, 2.45) is 0 Å². The molecule has 136 valence electrons. The van der Waals surface area contributed by atoms with Crippen molar-refractivity contribution in [3.63, 3.8) is 0 Å². The lowest BCUT2D eigenvalue weighted by Crippen LogP contribution is -2.23. The summed E-state index contributed by atoms with van der Waals surface area (Å²) in [5.41, 5.74) is 2.11. The molecule has 0 atom stereocenters. The number of furan rings is 1. The molecule has 0 fully saturated rings. The van der Waals surface area contributed by atoms with Gasteiger partial charge in [-0.05, 0) is 44.5 Å². The normalized spacial score (nSPS) is 13.1. The molecule has 0 spiro atoms. The molecule has 27 heavy (non-hydrogen) atoms. The van der Waals surface area contributed by atoms with E-state index in [0.29, 0.717) is 22.3 Å². The summed E-state index contributed by atoms with van der Waals surface area (Å²) in [7, 11) is 0. The van der Waals surface area contributed by atoms with Crippen molar-refractivity contribution in [2.75, 3.05) is 0 Å². The molecule has 1 aromatic heterocycles. The first-order valence-electron chi connectivity index (χ1n) is 8.76. The van der Waals surface area contributed by atoms with E-state index < -0.39 is 0 Å². The van der Waals surface area contributed by atoms with Crippen molar-refractivity contribution >= 4 is 28.3 Å². The Hall–Kier alpha value is -3.21. The van der Waals surface area contributed by atoms with Gasteiger partial charge in [0.1, 0.15) is 11.3 Å². The van der Waals surface area contributed by atoms with Crippen molar-refractivity contribution in [3.8, 4) is 5.75 Å². The highest BCUT2D eigenvalue weighted by atomic mass is 16.5. The average Bonchev–Trinajstić information content (AvgIpc) is 3.05. The number of hydrogen-bond acceptors (Lipinski definition) is 5. The molecule has 5 heteroatoms. The summed E-state index contributed by atoms with van der Waals surface area (Å²) in [6.07, 6.45) is -0.147.